The molecule has 1 fully saturated rings. The zero-order valence-electron chi connectivity index (χ0n) is 14.5. The molecule has 2 heteroatoms. The van der Waals surface area contributed by atoms with Crippen molar-refractivity contribution in [2.45, 2.75) is 73.1 Å². The standard InChI is InChI=1S/C15H19BrO.2C2H6/c1-10-7-8-12(16)9-14(10)13-5-3-4-6-15(17)11(13)2;2*1-2/h7-9,11,13H,3-6H2,1-2H3;2*1-2H3. The summed E-state index contributed by atoms with van der Waals surface area (Å²) in [5.41, 5.74) is 2.65. The first-order valence-corrected chi connectivity index (χ1v) is 9.17. The topological polar surface area (TPSA) is 17.1 Å². The van der Waals surface area contributed by atoms with Gasteiger partial charge in [-0.25, -0.2) is 0 Å². The van der Waals surface area contributed by atoms with Crippen LogP contribution >= 0.6 is 15.9 Å². The number of carbonyl (C=O) groups is 1. The molecule has 2 atom stereocenters. The van der Waals surface area contributed by atoms with Gasteiger partial charge in [-0.1, -0.05) is 63.0 Å². The van der Waals surface area contributed by atoms with Crippen molar-refractivity contribution in [3.63, 3.8) is 0 Å². The minimum Gasteiger partial charge on any atom is -0.299 e. The Morgan fingerprint density at radius 3 is 2.33 bits per heavy atom. The fraction of sp³-hybridized carbons (Fsp3) is 0.632. The van der Waals surface area contributed by atoms with Crippen molar-refractivity contribution in [3.8, 4) is 0 Å². The second-order valence-corrected chi connectivity index (χ2v) is 6.02. The normalized spacial score (nSPS) is 21.4. The van der Waals surface area contributed by atoms with Crippen LogP contribution in [0.2, 0.25) is 0 Å². The van der Waals surface area contributed by atoms with E-state index in [-0.39, 0.29) is 5.92 Å². The molecule has 0 saturated heterocycles. The van der Waals surface area contributed by atoms with E-state index >= 15 is 0 Å². The van der Waals surface area contributed by atoms with E-state index in [0.717, 1.165) is 23.7 Å². The summed E-state index contributed by atoms with van der Waals surface area (Å²) in [6.07, 6.45) is 4.15. The van der Waals surface area contributed by atoms with Gasteiger partial charge in [-0.3, -0.25) is 4.79 Å². The minimum atomic E-state index is 0.172. The molecule has 1 aliphatic rings. The molecule has 2 unspecified atom stereocenters. The lowest BCUT2D eigenvalue weighted by Gasteiger charge is -2.23. The van der Waals surface area contributed by atoms with Gasteiger partial charge in [0, 0.05) is 16.8 Å². The molecule has 0 aliphatic heterocycles. The van der Waals surface area contributed by atoms with Crippen LogP contribution in [0.1, 0.15) is 77.3 Å². The van der Waals surface area contributed by atoms with Crippen molar-refractivity contribution in [1.82, 2.24) is 0 Å². The monoisotopic (exact) mass is 354 g/mol. The third-order valence-electron chi connectivity index (χ3n) is 3.94. The fourth-order valence-corrected chi connectivity index (χ4v) is 3.18. The van der Waals surface area contributed by atoms with Crippen LogP contribution in [0.15, 0.2) is 22.7 Å². The Morgan fingerprint density at radius 2 is 1.71 bits per heavy atom. The molecule has 0 aromatic heterocycles. The van der Waals surface area contributed by atoms with Crippen LogP contribution in [-0.2, 0) is 4.79 Å². The van der Waals surface area contributed by atoms with Gasteiger partial charge >= 0.3 is 0 Å². The highest BCUT2D eigenvalue weighted by atomic mass is 79.9. The Morgan fingerprint density at radius 1 is 1.10 bits per heavy atom. The predicted molar refractivity (Wildman–Crippen MR) is 97.0 cm³/mol. The molecule has 1 aliphatic carbocycles. The number of carbonyl (C=O) groups excluding carboxylic acids is 1. The van der Waals surface area contributed by atoms with Crippen molar-refractivity contribution in [3.05, 3.63) is 33.8 Å². The van der Waals surface area contributed by atoms with Gasteiger partial charge in [0.2, 0.25) is 0 Å². The van der Waals surface area contributed by atoms with E-state index in [1.807, 2.05) is 27.7 Å². The van der Waals surface area contributed by atoms with Crippen molar-refractivity contribution in [1.29, 1.82) is 0 Å². The number of ketones is 1. The lowest BCUT2D eigenvalue weighted by Crippen LogP contribution is -2.17. The lowest BCUT2D eigenvalue weighted by molar-refractivity contribution is -0.122. The molecule has 21 heavy (non-hydrogen) atoms. The van der Waals surface area contributed by atoms with Gasteiger partial charge in [0.05, 0.1) is 0 Å². The molecule has 1 saturated carbocycles. The zero-order chi connectivity index (χ0) is 16.4. The summed E-state index contributed by atoms with van der Waals surface area (Å²) in [5.74, 6) is 1.01. The number of benzene rings is 1. The van der Waals surface area contributed by atoms with E-state index in [0.29, 0.717) is 11.7 Å². The maximum Gasteiger partial charge on any atom is 0.136 e. The average molecular weight is 355 g/mol. The number of aryl methyl sites for hydroxylation is 1. The summed E-state index contributed by atoms with van der Waals surface area (Å²) in [4.78, 5) is 12.0. The number of hydrogen-bond acceptors (Lipinski definition) is 1. The minimum absolute atomic E-state index is 0.172. The molecule has 0 spiro atoms. The Hall–Kier alpha value is -0.630. The molecule has 0 amide bonds. The molecule has 0 bridgehead atoms. The smallest absolute Gasteiger partial charge is 0.136 e. The number of rotatable bonds is 1. The van der Waals surface area contributed by atoms with Crippen LogP contribution in [0, 0.1) is 12.8 Å². The van der Waals surface area contributed by atoms with Gasteiger partial charge in [0.15, 0.2) is 0 Å². The Kier molecular flexibility index (Phi) is 10.7. The van der Waals surface area contributed by atoms with E-state index in [1.54, 1.807) is 0 Å². The first-order chi connectivity index (χ1) is 10.1. The quantitative estimate of drug-likeness (QED) is 0.514. The van der Waals surface area contributed by atoms with Crippen molar-refractivity contribution in [2.75, 3.05) is 0 Å². The summed E-state index contributed by atoms with van der Waals surface area (Å²) in [7, 11) is 0. The maximum absolute atomic E-state index is 12.0. The van der Waals surface area contributed by atoms with E-state index < -0.39 is 0 Å². The van der Waals surface area contributed by atoms with Crippen LogP contribution in [0.3, 0.4) is 0 Å². The van der Waals surface area contributed by atoms with E-state index in [9.17, 15) is 4.79 Å². The van der Waals surface area contributed by atoms with Gasteiger partial charge in [-0.2, -0.15) is 0 Å². The van der Waals surface area contributed by atoms with Gasteiger partial charge < -0.3 is 0 Å². The van der Waals surface area contributed by atoms with E-state index in [1.165, 1.54) is 17.5 Å². The summed E-state index contributed by atoms with van der Waals surface area (Å²) >= 11 is 3.53. The molecule has 0 heterocycles. The first-order valence-electron chi connectivity index (χ1n) is 8.38. The SMILES string of the molecule is CC.CC.Cc1ccc(Br)cc1C1CCCCC(=O)C1C. The van der Waals surface area contributed by atoms with Gasteiger partial charge in [0.1, 0.15) is 5.78 Å². The average Bonchev–Trinajstić information content (AvgIpc) is 2.68. The lowest BCUT2D eigenvalue weighted by atomic mass is 9.81. The number of halogens is 1. The van der Waals surface area contributed by atoms with Crippen LogP contribution in [0.25, 0.3) is 0 Å². The summed E-state index contributed by atoms with van der Waals surface area (Å²) in [6.45, 7) is 12.2. The number of Topliss-reactive ketones (excluding diaryl/α,β-unsaturated/α-hetero) is 1. The van der Waals surface area contributed by atoms with E-state index in [2.05, 4.69) is 48.0 Å². The highest BCUT2D eigenvalue weighted by molar-refractivity contribution is 9.10. The highest BCUT2D eigenvalue weighted by Crippen LogP contribution is 2.37. The van der Waals surface area contributed by atoms with Crippen LogP contribution < -0.4 is 0 Å². The molecule has 1 nitrogen and oxygen atoms in total. The molecular weight excluding hydrogens is 324 g/mol. The first kappa shape index (κ1) is 20.4. The van der Waals surface area contributed by atoms with Crippen molar-refractivity contribution >= 4 is 21.7 Å². The molecule has 120 valence electrons. The summed E-state index contributed by atoms with van der Waals surface area (Å²) in [5, 5.41) is 0. The van der Waals surface area contributed by atoms with Crippen LogP contribution in [0.4, 0.5) is 0 Å². The Bertz CT molecular complexity index is 426. The Labute approximate surface area is 139 Å². The van der Waals surface area contributed by atoms with Crippen LogP contribution in [0.5, 0.6) is 0 Å². The fourth-order valence-electron chi connectivity index (χ4n) is 2.80. The third kappa shape index (κ3) is 5.94. The predicted octanol–water partition coefficient (Wildman–Crippen LogP) is 6.67. The second-order valence-electron chi connectivity index (χ2n) is 5.11. The van der Waals surface area contributed by atoms with Crippen LogP contribution in [-0.4, -0.2) is 5.78 Å². The zero-order valence-corrected chi connectivity index (χ0v) is 16.1. The third-order valence-corrected chi connectivity index (χ3v) is 4.43. The molecule has 2 rings (SSSR count). The summed E-state index contributed by atoms with van der Waals surface area (Å²) in [6, 6.07) is 6.40. The summed E-state index contributed by atoms with van der Waals surface area (Å²) < 4.78 is 1.11. The molecule has 0 radical (unpaired) electrons. The van der Waals surface area contributed by atoms with Gasteiger partial charge in [-0.05, 0) is 48.9 Å². The number of hydrogen-bond donors (Lipinski definition) is 0. The van der Waals surface area contributed by atoms with Crippen molar-refractivity contribution < 1.29 is 4.79 Å². The Balaban J connectivity index is 0.000000921. The molecule has 1 aromatic carbocycles. The van der Waals surface area contributed by atoms with Gasteiger partial charge in [-0.15, -0.1) is 0 Å². The molecular formula is C19H31BrO. The van der Waals surface area contributed by atoms with E-state index in [4.69, 9.17) is 0 Å². The second kappa shape index (κ2) is 11.0. The maximum atomic E-state index is 12.0. The molecule has 1 aromatic rings. The van der Waals surface area contributed by atoms with Gasteiger partial charge in [0.25, 0.3) is 0 Å². The largest absolute Gasteiger partial charge is 0.299 e. The van der Waals surface area contributed by atoms with Crippen molar-refractivity contribution in [2.24, 2.45) is 5.92 Å². The molecule has 0 N–H and O–H groups in total. The highest BCUT2D eigenvalue weighted by Gasteiger charge is 2.28.